The summed E-state index contributed by atoms with van der Waals surface area (Å²) in [6.07, 6.45) is 3.68. The zero-order chi connectivity index (χ0) is 11.8. The second-order valence-corrected chi connectivity index (χ2v) is 5.07. The molecule has 1 fully saturated rings. The standard InChI is InChI=1S/C14H19N3/c1-9-3-6-12-14(10(9)2)17-13(16-12)7-8-15-11-4-5-11/h3,6,11,15H,4-5,7-8H2,1-2H3,(H,16,17). The maximum atomic E-state index is 4.69. The van der Waals surface area contributed by atoms with Crippen LogP contribution in [0.1, 0.15) is 29.8 Å². The molecule has 0 atom stereocenters. The lowest BCUT2D eigenvalue weighted by Crippen LogP contribution is -2.19. The van der Waals surface area contributed by atoms with Crippen molar-refractivity contribution in [3.8, 4) is 0 Å². The second kappa shape index (κ2) is 4.15. The van der Waals surface area contributed by atoms with Crippen LogP contribution in [0.3, 0.4) is 0 Å². The van der Waals surface area contributed by atoms with E-state index >= 15 is 0 Å². The van der Waals surface area contributed by atoms with E-state index in [0.29, 0.717) is 0 Å². The molecule has 0 radical (unpaired) electrons. The molecule has 2 aromatic rings. The molecule has 3 heteroatoms. The van der Waals surface area contributed by atoms with Crippen LogP contribution in [0, 0.1) is 13.8 Å². The Morgan fingerprint density at radius 2 is 2.18 bits per heavy atom. The van der Waals surface area contributed by atoms with Crippen LogP contribution >= 0.6 is 0 Å². The summed E-state index contributed by atoms with van der Waals surface area (Å²) in [5.41, 5.74) is 4.90. The van der Waals surface area contributed by atoms with Gasteiger partial charge in [0.2, 0.25) is 0 Å². The van der Waals surface area contributed by atoms with Gasteiger partial charge in [-0.15, -0.1) is 0 Å². The number of nitrogens with zero attached hydrogens (tertiary/aromatic N) is 1. The number of aromatic nitrogens is 2. The van der Waals surface area contributed by atoms with Crippen molar-refractivity contribution < 1.29 is 0 Å². The van der Waals surface area contributed by atoms with E-state index in [-0.39, 0.29) is 0 Å². The van der Waals surface area contributed by atoms with Gasteiger partial charge >= 0.3 is 0 Å². The zero-order valence-electron chi connectivity index (χ0n) is 10.5. The molecule has 0 saturated heterocycles. The highest BCUT2D eigenvalue weighted by atomic mass is 15.0. The van der Waals surface area contributed by atoms with Crippen LogP contribution in [0.15, 0.2) is 12.1 Å². The summed E-state index contributed by atoms with van der Waals surface area (Å²) in [5, 5.41) is 3.52. The van der Waals surface area contributed by atoms with E-state index in [1.54, 1.807) is 0 Å². The van der Waals surface area contributed by atoms with Gasteiger partial charge in [-0.05, 0) is 43.9 Å². The monoisotopic (exact) mass is 229 g/mol. The van der Waals surface area contributed by atoms with Crippen molar-refractivity contribution in [3.63, 3.8) is 0 Å². The first-order valence-electron chi connectivity index (χ1n) is 6.42. The van der Waals surface area contributed by atoms with Gasteiger partial charge in [-0.25, -0.2) is 4.98 Å². The first-order chi connectivity index (χ1) is 8.24. The molecule has 0 spiro atoms. The van der Waals surface area contributed by atoms with E-state index in [4.69, 9.17) is 4.98 Å². The van der Waals surface area contributed by atoms with Crippen molar-refractivity contribution in [1.29, 1.82) is 0 Å². The minimum Gasteiger partial charge on any atom is -0.342 e. The number of nitrogens with one attached hydrogen (secondary N) is 2. The highest BCUT2D eigenvalue weighted by Crippen LogP contribution is 2.20. The Kier molecular flexibility index (Phi) is 2.63. The summed E-state index contributed by atoms with van der Waals surface area (Å²) in [7, 11) is 0. The van der Waals surface area contributed by atoms with Gasteiger partial charge in [-0.1, -0.05) is 6.07 Å². The zero-order valence-corrected chi connectivity index (χ0v) is 10.5. The van der Waals surface area contributed by atoms with E-state index in [1.165, 1.54) is 24.0 Å². The van der Waals surface area contributed by atoms with Crippen LogP contribution in [0.4, 0.5) is 0 Å². The Hall–Kier alpha value is -1.35. The molecule has 1 saturated carbocycles. The third kappa shape index (κ3) is 2.20. The molecule has 1 aromatic heterocycles. The molecule has 2 N–H and O–H groups in total. The summed E-state index contributed by atoms with van der Waals surface area (Å²) in [6.45, 7) is 5.31. The van der Waals surface area contributed by atoms with Crippen molar-refractivity contribution in [3.05, 3.63) is 29.1 Å². The number of hydrogen-bond donors (Lipinski definition) is 2. The van der Waals surface area contributed by atoms with Crippen molar-refractivity contribution in [2.24, 2.45) is 0 Å². The number of benzene rings is 1. The second-order valence-electron chi connectivity index (χ2n) is 5.07. The molecule has 1 aliphatic rings. The van der Waals surface area contributed by atoms with Crippen molar-refractivity contribution in [2.75, 3.05) is 6.54 Å². The number of fused-ring (bicyclic) bond motifs is 1. The van der Waals surface area contributed by atoms with Crippen molar-refractivity contribution >= 4 is 11.0 Å². The lowest BCUT2D eigenvalue weighted by molar-refractivity contribution is 0.670. The summed E-state index contributed by atoms with van der Waals surface area (Å²) in [5.74, 6) is 1.10. The number of imidazole rings is 1. The molecule has 0 amide bonds. The number of aryl methyl sites for hydroxylation is 2. The Labute approximate surface area is 102 Å². The summed E-state index contributed by atoms with van der Waals surface area (Å²) < 4.78 is 0. The molecule has 1 aliphatic carbocycles. The van der Waals surface area contributed by atoms with Crippen LogP contribution in [-0.4, -0.2) is 22.6 Å². The highest BCUT2D eigenvalue weighted by molar-refractivity contribution is 5.79. The number of hydrogen-bond acceptors (Lipinski definition) is 2. The van der Waals surface area contributed by atoms with Gasteiger partial charge in [-0.3, -0.25) is 0 Å². The minimum atomic E-state index is 0.781. The Balaban J connectivity index is 1.78. The maximum Gasteiger partial charge on any atom is 0.108 e. The first-order valence-corrected chi connectivity index (χ1v) is 6.42. The van der Waals surface area contributed by atoms with Gasteiger partial charge in [0.05, 0.1) is 11.0 Å². The van der Waals surface area contributed by atoms with E-state index in [2.05, 4.69) is 36.3 Å². The predicted molar refractivity (Wildman–Crippen MR) is 70.3 cm³/mol. The van der Waals surface area contributed by atoms with Crippen LogP contribution in [0.2, 0.25) is 0 Å². The van der Waals surface area contributed by atoms with Gasteiger partial charge in [0.1, 0.15) is 5.82 Å². The molecular weight excluding hydrogens is 210 g/mol. The normalized spacial score (nSPS) is 15.6. The van der Waals surface area contributed by atoms with Gasteiger partial charge in [0.25, 0.3) is 0 Å². The third-order valence-electron chi connectivity index (χ3n) is 3.60. The lowest BCUT2D eigenvalue weighted by atomic mass is 10.1. The molecule has 3 rings (SSSR count). The predicted octanol–water partition coefficient (Wildman–Crippen LogP) is 2.47. The quantitative estimate of drug-likeness (QED) is 0.845. The smallest absolute Gasteiger partial charge is 0.108 e. The van der Waals surface area contributed by atoms with Crippen molar-refractivity contribution in [2.45, 2.75) is 39.2 Å². The van der Waals surface area contributed by atoms with Gasteiger partial charge < -0.3 is 10.3 Å². The molecule has 1 aromatic carbocycles. The van der Waals surface area contributed by atoms with Crippen LogP contribution in [0.5, 0.6) is 0 Å². The summed E-state index contributed by atoms with van der Waals surface area (Å²) in [6, 6.07) is 5.06. The van der Waals surface area contributed by atoms with Gasteiger partial charge in [0, 0.05) is 19.0 Å². The molecule has 17 heavy (non-hydrogen) atoms. The van der Waals surface area contributed by atoms with Crippen molar-refractivity contribution in [1.82, 2.24) is 15.3 Å². The maximum absolute atomic E-state index is 4.69. The molecule has 1 heterocycles. The summed E-state index contributed by atoms with van der Waals surface area (Å²) in [4.78, 5) is 8.10. The van der Waals surface area contributed by atoms with E-state index in [1.807, 2.05) is 0 Å². The Bertz CT molecular complexity index is 538. The van der Waals surface area contributed by atoms with Crippen LogP contribution in [0.25, 0.3) is 11.0 Å². The highest BCUT2D eigenvalue weighted by Gasteiger charge is 2.19. The fourth-order valence-electron chi connectivity index (χ4n) is 2.16. The number of rotatable bonds is 4. The SMILES string of the molecule is Cc1ccc2[nH]c(CCNC3CC3)nc2c1C. The van der Waals surface area contributed by atoms with E-state index < -0.39 is 0 Å². The molecule has 0 unspecified atom stereocenters. The van der Waals surface area contributed by atoms with Gasteiger partial charge in [-0.2, -0.15) is 0 Å². The average Bonchev–Trinajstić information content (AvgIpc) is 3.03. The molecule has 0 aliphatic heterocycles. The molecular formula is C14H19N3. The fourth-order valence-corrected chi connectivity index (χ4v) is 2.16. The largest absolute Gasteiger partial charge is 0.342 e. The first kappa shape index (κ1) is 10.8. The third-order valence-corrected chi connectivity index (χ3v) is 3.60. The van der Waals surface area contributed by atoms with Crippen LogP contribution < -0.4 is 5.32 Å². The van der Waals surface area contributed by atoms with E-state index in [0.717, 1.165) is 35.9 Å². The fraction of sp³-hybridized carbons (Fsp3) is 0.500. The number of aromatic amines is 1. The number of H-pyrrole nitrogens is 1. The molecule has 3 nitrogen and oxygen atoms in total. The van der Waals surface area contributed by atoms with E-state index in [9.17, 15) is 0 Å². The minimum absolute atomic E-state index is 0.781. The van der Waals surface area contributed by atoms with Crippen LogP contribution in [-0.2, 0) is 6.42 Å². The average molecular weight is 229 g/mol. The Morgan fingerprint density at radius 3 is 2.94 bits per heavy atom. The lowest BCUT2D eigenvalue weighted by Gasteiger charge is -1.98. The topological polar surface area (TPSA) is 40.7 Å². The molecule has 0 bridgehead atoms. The summed E-state index contributed by atoms with van der Waals surface area (Å²) >= 11 is 0. The van der Waals surface area contributed by atoms with Gasteiger partial charge in [0.15, 0.2) is 0 Å². The Morgan fingerprint density at radius 1 is 1.35 bits per heavy atom. The molecule has 90 valence electrons.